The number of halogens is 1. The minimum absolute atomic E-state index is 0.105. The molecule has 0 radical (unpaired) electrons. The number of carbonyl (C=O) groups excluding carboxylic acids is 1. The first-order chi connectivity index (χ1) is 15.3. The summed E-state index contributed by atoms with van der Waals surface area (Å²) >= 11 is 6.18. The number of imidazole rings is 1. The molecule has 4 rings (SSSR count). The topological polar surface area (TPSA) is 90.3 Å². The molecule has 1 aromatic heterocycles. The molecule has 1 heterocycles. The molecule has 7 nitrogen and oxygen atoms in total. The molecule has 9 heteroatoms. The number of nitrogens with zero attached hydrogens (tertiary/aromatic N) is 2. The van der Waals surface area contributed by atoms with Crippen molar-refractivity contribution in [3.05, 3.63) is 83.6 Å². The molecule has 0 aliphatic rings. The molecule has 0 bridgehead atoms. The summed E-state index contributed by atoms with van der Waals surface area (Å²) in [7, 11) is -3.33. The first-order valence-electron chi connectivity index (χ1n) is 9.73. The van der Waals surface area contributed by atoms with E-state index in [2.05, 4.69) is 10.3 Å². The van der Waals surface area contributed by atoms with E-state index in [-0.39, 0.29) is 18.2 Å². The average Bonchev–Trinajstić information content (AvgIpc) is 3.06. The molecule has 4 aromatic rings. The second-order valence-electron chi connectivity index (χ2n) is 7.25. The van der Waals surface area contributed by atoms with E-state index in [9.17, 15) is 13.2 Å². The lowest BCUT2D eigenvalue weighted by Crippen LogP contribution is -2.21. The zero-order chi connectivity index (χ0) is 22.7. The molecule has 0 atom stereocenters. The van der Waals surface area contributed by atoms with Gasteiger partial charge < -0.3 is 14.6 Å². The van der Waals surface area contributed by atoms with Crippen molar-refractivity contribution in [1.82, 2.24) is 9.55 Å². The molecule has 0 spiro atoms. The number of rotatable bonds is 7. The third kappa shape index (κ3) is 5.09. The molecule has 0 saturated heterocycles. The first kappa shape index (κ1) is 21.9. The Hall–Kier alpha value is -3.36. The fraction of sp³-hybridized carbons (Fsp3) is 0.130. The number of benzene rings is 3. The van der Waals surface area contributed by atoms with Crippen molar-refractivity contribution in [3.8, 4) is 11.5 Å². The molecule has 0 saturated carbocycles. The summed E-state index contributed by atoms with van der Waals surface area (Å²) in [5, 5.41) is 3.29. The SMILES string of the molecule is CS(=O)(=O)Cc1nc2ccccc2n1CC(=O)Nc1ccccc1Oc1ccccc1Cl. The number of aromatic nitrogens is 2. The molecule has 1 amide bonds. The van der Waals surface area contributed by atoms with Gasteiger partial charge in [0.15, 0.2) is 15.6 Å². The fourth-order valence-corrected chi connectivity index (χ4v) is 4.15. The predicted octanol–water partition coefficient (Wildman–Crippen LogP) is 4.67. The monoisotopic (exact) mass is 469 g/mol. The number of fused-ring (bicyclic) bond motifs is 1. The van der Waals surface area contributed by atoms with Gasteiger partial charge >= 0.3 is 0 Å². The number of amides is 1. The maximum atomic E-state index is 12.9. The molecule has 0 fully saturated rings. The zero-order valence-electron chi connectivity index (χ0n) is 17.2. The van der Waals surface area contributed by atoms with Crippen molar-refractivity contribution in [1.29, 1.82) is 0 Å². The molecule has 3 aromatic carbocycles. The summed E-state index contributed by atoms with van der Waals surface area (Å²) in [5.74, 6) is 0.594. The maximum absolute atomic E-state index is 12.9. The summed E-state index contributed by atoms with van der Waals surface area (Å²) in [6.45, 7) is -0.105. The van der Waals surface area contributed by atoms with Gasteiger partial charge in [-0.15, -0.1) is 0 Å². The second-order valence-corrected chi connectivity index (χ2v) is 9.80. The summed E-state index contributed by atoms with van der Waals surface area (Å²) < 4.78 is 31.2. The van der Waals surface area contributed by atoms with Crippen molar-refractivity contribution in [2.75, 3.05) is 11.6 Å². The Morgan fingerprint density at radius 1 is 1.00 bits per heavy atom. The highest BCUT2D eigenvalue weighted by Crippen LogP contribution is 2.33. The molecular weight excluding hydrogens is 450 g/mol. The molecule has 0 aliphatic carbocycles. The third-order valence-electron chi connectivity index (χ3n) is 4.64. The number of hydrogen-bond acceptors (Lipinski definition) is 5. The van der Waals surface area contributed by atoms with E-state index < -0.39 is 9.84 Å². The van der Waals surface area contributed by atoms with Crippen LogP contribution in [0.15, 0.2) is 72.8 Å². The zero-order valence-corrected chi connectivity index (χ0v) is 18.7. The second kappa shape index (κ2) is 9.02. The minimum Gasteiger partial charge on any atom is -0.454 e. The number of sulfone groups is 1. The summed E-state index contributed by atoms with van der Waals surface area (Å²) in [6, 6.07) is 21.3. The van der Waals surface area contributed by atoms with Crippen LogP contribution < -0.4 is 10.1 Å². The molecule has 32 heavy (non-hydrogen) atoms. The van der Waals surface area contributed by atoms with Crippen LogP contribution in [0.3, 0.4) is 0 Å². The fourth-order valence-electron chi connectivity index (χ4n) is 3.28. The quantitative estimate of drug-likeness (QED) is 0.425. The van der Waals surface area contributed by atoms with Gasteiger partial charge in [0, 0.05) is 6.26 Å². The molecule has 0 unspecified atom stereocenters. The van der Waals surface area contributed by atoms with Crippen molar-refractivity contribution in [3.63, 3.8) is 0 Å². The maximum Gasteiger partial charge on any atom is 0.244 e. The smallest absolute Gasteiger partial charge is 0.244 e. The van der Waals surface area contributed by atoms with Crippen molar-refractivity contribution in [2.45, 2.75) is 12.3 Å². The number of nitrogens with one attached hydrogen (secondary N) is 1. The van der Waals surface area contributed by atoms with Gasteiger partial charge in [-0.25, -0.2) is 13.4 Å². The van der Waals surface area contributed by atoms with Crippen LogP contribution in [0, 0.1) is 0 Å². The summed E-state index contributed by atoms with van der Waals surface area (Å²) in [5.41, 5.74) is 1.77. The van der Waals surface area contributed by atoms with Crippen LogP contribution in [0.1, 0.15) is 5.82 Å². The molecule has 0 aliphatic heterocycles. The first-order valence-corrected chi connectivity index (χ1v) is 12.2. The summed E-state index contributed by atoms with van der Waals surface area (Å²) in [4.78, 5) is 17.3. The van der Waals surface area contributed by atoms with Gasteiger partial charge in [0.2, 0.25) is 5.91 Å². The Balaban J connectivity index is 1.60. The highest BCUT2D eigenvalue weighted by atomic mass is 35.5. The standard InChI is InChI=1S/C23H20ClN3O4S/c1-32(29,30)15-22-25-17-9-3-5-11-19(17)27(22)14-23(28)26-18-10-4-7-13-21(18)31-20-12-6-2-8-16(20)24/h2-13H,14-15H2,1H3,(H,26,28). The van der Waals surface area contributed by atoms with Crippen molar-refractivity contribution in [2.24, 2.45) is 0 Å². The van der Waals surface area contributed by atoms with Gasteiger partial charge in [-0.2, -0.15) is 0 Å². The van der Waals surface area contributed by atoms with E-state index in [4.69, 9.17) is 16.3 Å². The lowest BCUT2D eigenvalue weighted by Gasteiger charge is -2.14. The summed E-state index contributed by atoms with van der Waals surface area (Å²) in [6.07, 6.45) is 1.14. The highest BCUT2D eigenvalue weighted by molar-refractivity contribution is 7.89. The Labute approximate surface area is 190 Å². The number of anilines is 1. The molecule has 1 N–H and O–H groups in total. The Kier molecular flexibility index (Phi) is 6.16. The van der Waals surface area contributed by atoms with E-state index in [1.165, 1.54) is 0 Å². The number of ether oxygens (including phenoxy) is 1. The molecular formula is C23H20ClN3O4S. The third-order valence-corrected chi connectivity index (χ3v) is 5.74. The lowest BCUT2D eigenvalue weighted by atomic mass is 10.2. The van der Waals surface area contributed by atoms with E-state index in [0.717, 1.165) is 6.26 Å². The van der Waals surface area contributed by atoms with Gasteiger partial charge in [0.25, 0.3) is 0 Å². The number of hydrogen-bond donors (Lipinski definition) is 1. The highest BCUT2D eigenvalue weighted by Gasteiger charge is 2.18. The predicted molar refractivity (Wildman–Crippen MR) is 125 cm³/mol. The van der Waals surface area contributed by atoms with Crippen LogP contribution in [0.25, 0.3) is 11.0 Å². The Bertz CT molecular complexity index is 1400. The number of carbonyl (C=O) groups is 1. The van der Waals surface area contributed by atoms with E-state index in [0.29, 0.717) is 39.1 Å². The van der Waals surface area contributed by atoms with Crippen LogP contribution in [0.4, 0.5) is 5.69 Å². The van der Waals surface area contributed by atoms with Crippen molar-refractivity contribution < 1.29 is 17.9 Å². The van der Waals surface area contributed by atoms with Crippen LogP contribution in [0.2, 0.25) is 5.02 Å². The normalized spacial score (nSPS) is 11.4. The Morgan fingerprint density at radius 2 is 1.66 bits per heavy atom. The van der Waals surface area contributed by atoms with Gasteiger partial charge in [-0.05, 0) is 36.4 Å². The van der Waals surface area contributed by atoms with Crippen molar-refractivity contribution >= 4 is 44.1 Å². The van der Waals surface area contributed by atoms with Gasteiger partial charge in [-0.3, -0.25) is 4.79 Å². The lowest BCUT2D eigenvalue weighted by molar-refractivity contribution is -0.116. The van der Waals surface area contributed by atoms with Crippen LogP contribution in [-0.4, -0.2) is 30.1 Å². The average molecular weight is 470 g/mol. The number of para-hydroxylation sites is 5. The largest absolute Gasteiger partial charge is 0.454 e. The van der Waals surface area contributed by atoms with Gasteiger partial charge in [0.05, 0.1) is 21.7 Å². The minimum atomic E-state index is -3.33. The van der Waals surface area contributed by atoms with E-state index >= 15 is 0 Å². The Morgan fingerprint density at radius 3 is 2.41 bits per heavy atom. The van der Waals surface area contributed by atoms with Crippen LogP contribution in [-0.2, 0) is 26.9 Å². The van der Waals surface area contributed by atoms with Gasteiger partial charge in [0.1, 0.15) is 23.9 Å². The van der Waals surface area contributed by atoms with Gasteiger partial charge in [-0.1, -0.05) is 48.0 Å². The van der Waals surface area contributed by atoms with Crippen LogP contribution >= 0.6 is 11.6 Å². The van der Waals surface area contributed by atoms with Crippen LogP contribution in [0.5, 0.6) is 11.5 Å². The van der Waals surface area contributed by atoms with E-state index in [1.54, 1.807) is 65.2 Å². The van der Waals surface area contributed by atoms with E-state index in [1.807, 2.05) is 12.1 Å². The molecule has 164 valence electrons.